The number of aromatic carboxylic acids is 1. The highest BCUT2D eigenvalue weighted by atomic mass is 16.4. The summed E-state index contributed by atoms with van der Waals surface area (Å²) < 4.78 is 0. The second-order valence-electron chi connectivity index (χ2n) is 4.35. The molecule has 0 atom stereocenters. The number of rotatable bonds is 4. The van der Waals surface area contributed by atoms with E-state index < -0.39 is 5.97 Å². The van der Waals surface area contributed by atoms with Crippen LogP contribution in [0.5, 0.6) is 0 Å². The first-order valence-electron chi connectivity index (χ1n) is 6.24. The second-order valence-corrected chi connectivity index (χ2v) is 4.35. The normalized spacial score (nSPS) is 10.5. The summed E-state index contributed by atoms with van der Waals surface area (Å²) in [5, 5.41) is 21.0. The van der Waals surface area contributed by atoms with Gasteiger partial charge in [-0.1, -0.05) is 30.3 Å². The first-order chi connectivity index (χ1) is 10.2. The predicted molar refractivity (Wildman–Crippen MR) is 73.6 cm³/mol. The smallest absolute Gasteiger partial charge is 0.337 e. The number of hydrogen-bond acceptors (Lipinski definition) is 5. The zero-order valence-corrected chi connectivity index (χ0v) is 10.9. The molecule has 1 N–H and O–H groups in total. The van der Waals surface area contributed by atoms with Crippen LogP contribution in [0.4, 0.5) is 0 Å². The van der Waals surface area contributed by atoms with Crippen LogP contribution in [0.25, 0.3) is 11.4 Å². The molecule has 0 fully saturated rings. The molecule has 104 valence electrons. The molecule has 0 aliphatic rings. The highest BCUT2D eigenvalue weighted by molar-refractivity contribution is 5.87. The lowest BCUT2D eigenvalue weighted by Gasteiger charge is -1.99. The number of nitrogens with zero attached hydrogens (tertiary/aromatic N) is 5. The topological polar surface area (TPSA) is 93.8 Å². The lowest BCUT2D eigenvalue weighted by Crippen LogP contribution is -2.06. The van der Waals surface area contributed by atoms with Gasteiger partial charge in [0.05, 0.1) is 11.3 Å². The minimum Gasteiger partial charge on any atom is -0.478 e. The molecule has 0 spiro atoms. The zero-order chi connectivity index (χ0) is 14.7. The summed E-state index contributed by atoms with van der Waals surface area (Å²) in [6.45, 7) is 0.333. The summed E-state index contributed by atoms with van der Waals surface area (Å²) in [5.41, 5.74) is 1.70. The SMILES string of the molecule is O=C(O)c1ccc(Cn2nnc(-c3ccccc3)n2)nc1. The second kappa shape index (κ2) is 5.49. The molecule has 0 aliphatic heterocycles. The molecule has 21 heavy (non-hydrogen) atoms. The summed E-state index contributed by atoms with van der Waals surface area (Å²) in [6.07, 6.45) is 1.31. The van der Waals surface area contributed by atoms with Gasteiger partial charge in [-0.2, -0.15) is 4.80 Å². The van der Waals surface area contributed by atoms with E-state index in [2.05, 4.69) is 20.4 Å². The van der Waals surface area contributed by atoms with Gasteiger partial charge in [0.2, 0.25) is 5.82 Å². The maximum Gasteiger partial charge on any atom is 0.337 e. The Balaban J connectivity index is 1.77. The summed E-state index contributed by atoms with van der Waals surface area (Å²) >= 11 is 0. The van der Waals surface area contributed by atoms with Crippen molar-refractivity contribution in [2.24, 2.45) is 0 Å². The molecule has 0 bridgehead atoms. The average molecular weight is 281 g/mol. The Morgan fingerprint density at radius 2 is 1.95 bits per heavy atom. The van der Waals surface area contributed by atoms with Gasteiger partial charge in [0.15, 0.2) is 0 Å². The zero-order valence-electron chi connectivity index (χ0n) is 10.9. The fraction of sp³-hybridized carbons (Fsp3) is 0.0714. The molecule has 7 nitrogen and oxygen atoms in total. The first kappa shape index (κ1) is 12.9. The van der Waals surface area contributed by atoms with E-state index in [-0.39, 0.29) is 5.56 Å². The van der Waals surface area contributed by atoms with Gasteiger partial charge in [-0.3, -0.25) is 4.98 Å². The van der Waals surface area contributed by atoms with Gasteiger partial charge in [-0.05, 0) is 17.3 Å². The molecule has 2 heterocycles. The van der Waals surface area contributed by atoms with E-state index >= 15 is 0 Å². The molecular weight excluding hydrogens is 270 g/mol. The van der Waals surface area contributed by atoms with E-state index in [1.807, 2.05) is 30.3 Å². The molecule has 2 aromatic heterocycles. The van der Waals surface area contributed by atoms with Gasteiger partial charge in [0, 0.05) is 11.8 Å². The number of aromatic nitrogens is 5. The third-order valence-electron chi connectivity index (χ3n) is 2.86. The Morgan fingerprint density at radius 1 is 1.14 bits per heavy atom. The third-order valence-corrected chi connectivity index (χ3v) is 2.86. The standard InChI is InChI=1S/C14H11N5O2/c20-14(21)11-6-7-12(15-8-11)9-19-17-13(16-18-19)10-4-2-1-3-5-10/h1-8H,9H2,(H,20,21). The Morgan fingerprint density at radius 3 is 2.62 bits per heavy atom. The van der Waals surface area contributed by atoms with Crippen LogP contribution in [0, 0.1) is 0 Å². The molecule has 0 aliphatic carbocycles. The van der Waals surface area contributed by atoms with Gasteiger partial charge < -0.3 is 5.11 Å². The van der Waals surface area contributed by atoms with Gasteiger partial charge in [0.1, 0.15) is 6.54 Å². The maximum atomic E-state index is 10.8. The van der Waals surface area contributed by atoms with Crippen LogP contribution in [0.15, 0.2) is 48.7 Å². The lowest BCUT2D eigenvalue weighted by atomic mass is 10.2. The van der Waals surface area contributed by atoms with Gasteiger partial charge in [-0.15, -0.1) is 10.2 Å². The lowest BCUT2D eigenvalue weighted by molar-refractivity contribution is 0.0696. The minimum absolute atomic E-state index is 0.148. The van der Waals surface area contributed by atoms with Crippen molar-refractivity contribution in [2.45, 2.75) is 6.54 Å². The molecule has 7 heteroatoms. The fourth-order valence-electron chi connectivity index (χ4n) is 1.80. The van der Waals surface area contributed by atoms with Crippen molar-refractivity contribution in [3.8, 4) is 11.4 Å². The van der Waals surface area contributed by atoms with Crippen LogP contribution in [0.2, 0.25) is 0 Å². The first-order valence-corrected chi connectivity index (χ1v) is 6.24. The molecule has 0 saturated carbocycles. The molecule has 3 aromatic rings. The number of hydrogen-bond donors (Lipinski definition) is 1. The van der Waals surface area contributed by atoms with Crippen LogP contribution in [0.3, 0.4) is 0 Å². The monoisotopic (exact) mass is 281 g/mol. The number of carboxylic acids is 1. The molecular formula is C14H11N5O2. The number of tetrazole rings is 1. The van der Waals surface area contributed by atoms with Crippen LogP contribution >= 0.6 is 0 Å². The molecule has 3 rings (SSSR count). The highest BCUT2D eigenvalue weighted by Crippen LogP contribution is 2.12. The molecule has 0 saturated heterocycles. The van der Waals surface area contributed by atoms with E-state index in [4.69, 9.17) is 5.11 Å². The van der Waals surface area contributed by atoms with E-state index in [9.17, 15) is 4.79 Å². The number of carbonyl (C=O) groups is 1. The third kappa shape index (κ3) is 2.92. The van der Waals surface area contributed by atoms with Crippen LogP contribution in [0.1, 0.15) is 16.1 Å². The van der Waals surface area contributed by atoms with Crippen molar-refractivity contribution in [3.63, 3.8) is 0 Å². The summed E-state index contributed by atoms with van der Waals surface area (Å²) in [6, 6.07) is 12.7. The van der Waals surface area contributed by atoms with Gasteiger partial charge in [0.25, 0.3) is 0 Å². The van der Waals surface area contributed by atoms with Crippen molar-refractivity contribution >= 4 is 5.97 Å². The summed E-state index contributed by atoms with van der Waals surface area (Å²) in [4.78, 5) is 16.2. The van der Waals surface area contributed by atoms with Crippen LogP contribution in [-0.2, 0) is 6.54 Å². The largest absolute Gasteiger partial charge is 0.478 e. The number of pyridine rings is 1. The molecule has 0 unspecified atom stereocenters. The Kier molecular flexibility index (Phi) is 3.38. The number of carboxylic acid groups (broad SMARTS) is 1. The number of benzene rings is 1. The summed E-state index contributed by atoms with van der Waals surface area (Å²) in [7, 11) is 0. The van der Waals surface area contributed by atoms with Crippen molar-refractivity contribution in [3.05, 3.63) is 59.9 Å². The predicted octanol–water partition coefficient (Wildman–Crippen LogP) is 1.48. The Hall–Kier alpha value is -3.09. The van der Waals surface area contributed by atoms with E-state index in [1.165, 1.54) is 17.1 Å². The van der Waals surface area contributed by atoms with E-state index in [1.54, 1.807) is 6.07 Å². The molecule has 1 aromatic carbocycles. The quantitative estimate of drug-likeness (QED) is 0.778. The summed E-state index contributed by atoms with van der Waals surface area (Å²) in [5.74, 6) is -0.461. The van der Waals surface area contributed by atoms with Crippen LogP contribution < -0.4 is 0 Å². The molecule has 0 radical (unpaired) electrons. The molecule has 0 amide bonds. The van der Waals surface area contributed by atoms with E-state index in [0.29, 0.717) is 18.1 Å². The van der Waals surface area contributed by atoms with Crippen molar-refractivity contribution in [1.82, 2.24) is 25.2 Å². The average Bonchev–Trinajstić information content (AvgIpc) is 2.97. The Bertz CT molecular complexity index is 753. The van der Waals surface area contributed by atoms with Gasteiger partial charge >= 0.3 is 5.97 Å². The fourth-order valence-corrected chi connectivity index (χ4v) is 1.80. The minimum atomic E-state index is -1.00. The van der Waals surface area contributed by atoms with Crippen LogP contribution in [-0.4, -0.2) is 36.3 Å². The van der Waals surface area contributed by atoms with Gasteiger partial charge in [-0.25, -0.2) is 4.79 Å². The van der Waals surface area contributed by atoms with Crippen molar-refractivity contribution in [1.29, 1.82) is 0 Å². The van der Waals surface area contributed by atoms with Crippen molar-refractivity contribution in [2.75, 3.05) is 0 Å². The maximum absolute atomic E-state index is 10.8. The van der Waals surface area contributed by atoms with E-state index in [0.717, 1.165) is 5.56 Å². The highest BCUT2D eigenvalue weighted by Gasteiger charge is 2.07. The van der Waals surface area contributed by atoms with Crippen molar-refractivity contribution < 1.29 is 9.90 Å². The Labute approximate surface area is 119 Å².